The molecule has 0 bridgehead atoms. The van der Waals surface area contributed by atoms with Gasteiger partial charge in [0.2, 0.25) is 5.91 Å². The van der Waals surface area contributed by atoms with Crippen molar-refractivity contribution in [2.24, 2.45) is 24.6 Å². The van der Waals surface area contributed by atoms with Gasteiger partial charge >= 0.3 is 0 Å². The Hall–Kier alpha value is -3.72. The molecule has 2 heterocycles. The number of allylic oxidation sites excluding steroid dienone is 2. The van der Waals surface area contributed by atoms with E-state index in [2.05, 4.69) is 20.6 Å². The maximum atomic E-state index is 13.4. The zero-order chi connectivity index (χ0) is 23.7. The van der Waals surface area contributed by atoms with Crippen LogP contribution in [0.25, 0.3) is 11.3 Å². The van der Waals surface area contributed by atoms with E-state index in [0.717, 1.165) is 17.0 Å². The van der Waals surface area contributed by atoms with Crippen LogP contribution in [0.4, 0.5) is 5.69 Å². The molecule has 33 heavy (non-hydrogen) atoms. The summed E-state index contributed by atoms with van der Waals surface area (Å²) in [4.78, 5) is 38.2. The highest BCUT2D eigenvalue weighted by molar-refractivity contribution is 6.34. The van der Waals surface area contributed by atoms with Crippen LogP contribution in [0.5, 0.6) is 0 Å². The van der Waals surface area contributed by atoms with E-state index in [1.807, 2.05) is 25.1 Å². The van der Waals surface area contributed by atoms with Gasteiger partial charge in [-0.3, -0.25) is 24.2 Å². The van der Waals surface area contributed by atoms with E-state index in [1.165, 1.54) is 10.9 Å². The molecule has 4 N–H and O–H groups in total. The summed E-state index contributed by atoms with van der Waals surface area (Å²) >= 11 is 6.48. The van der Waals surface area contributed by atoms with Gasteiger partial charge in [-0.2, -0.15) is 10.2 Å². The Kier molecular flexibility index (Phi) is 6.15. The number of carbonyl (C=O) groups excluding carboxylic acids is 3. The number of primary amides is 1. The summed E-state index contributed by atoms with van der Waals surface area (Å²) in [7, 11) is 1.56. The number of H-pyrrole nitrogens is 1. The van der Waals surface area contributed by atoms with Gasteiger partial charge in [-0.05, 0) is 38.0 Å². The van der Waals surface area contributed by atoms with Crippen molar-refractivity contribution in [2.45, 2.75) is 19.8 Å². The smallest absolute Gasteiger partial charge is 0.269 e. The average molecular weight is 467 g/mol. The molecule has 0 saturated heterocycles. The van der Waals surface area contributed by atoms with Gasteiger partial charge in [-0.15, -0.1) is 0 Å². The first-order valence-corrected chi connectivity index (χ1v) is 10.8. The summed E-state index contributed by atoms with van der Waals surface area (Å²) < 4.78 is 1.30. The number of aryl methyl sites for hydroxylation is 2. The lowest BCUT2D eigenvalue weighted by molar-refractivity contribution is -0.121. The molecule has 1 aliphatic rings. The Morgan fingerprint density at radius 3 is 2.55 bits per heavy atom. The zero-order valence-electron chi connectivity index (χ0n) is 18.1. The molecule has 2 aromatic heterocycles. The normalized spacial score (nSPS) is 17.7. The predicted molar refractivity (Wildman–Crippen MR) is 124 cm³/mol. The number of halogens is 1. The topological polar surface area (TPSA) is 136 Å². The minimum absolute atomic E-state index is 0.0878. The van der Waals surface area contributed by atoms with Gasteiger partial charge in [0, 0.05) is 29.8 Å². The molecule has 0 radical (unpaired) electrons. The van der Waals surface area contributed by atoms with Gasteiger partial charge in [0.25, 0.3) is 5.91 Å². The number of ketones is 1. The van der Waals surface area contributed by atoms with Gasteiger partial charge in [0.15, 0.2) is 5.78 Å². The van der Waals surface area contributed by atoms with E-state index in [9.17, 15) is 14.4 Å². The fourth-order valence-electron chi connectivity index (χ4n) is 4.08. The molecule has 2 amide bonds. The van der Waals surface area contributed by atoms with Crippen molar-refractivity contribution in [1.29, 1.82) is 0 Å². The zero-order valence-corrected chi connectivity index (χ0v) is 18.9. The van der Waals surface area contributed by atoms with E-state index < -0.39 is 17.7 Å². The van der Waals surface area contributed by atoms with Crippen molar-refractivity contribution in [3.8, 4) is 11.3 Å². The molecule has 1 aromatic carbocycles. The lowest BCUT2D eigenvalue weighted by atomic mass is 9.77. The lowest BCUT2D eigenvalue weighted by Crippen LogP contribution is -2.35. The standard InChI is InChI=1S/C23H23ClN6O3/c1-12-9-18(29-28-12)13-7-8-16(17(24)10-13)21(31)14-5-3-4-6-15(14)23(33)27-19-11-26-30(2)20(19)22(25)32/h3-4,7-11,14-15H,5-6H2,1-2H3,(H2,25,32)(H,27,33)(H,28,29). The minimum Gasteiger partial charge on any atom is -0.364 e. The fourth-order valence-corrected chi connectivity index (χ4v) is 4.35. The molecule has 0 fully saturated rings. The third-order valence-corrected chi connectivity index (χ3v) is 6.08. The molecule has 0 aliphatic heterocycles. The van der Waals surface area contributed by atoms with Crippen molar-refractivity contribution >= 4 is 34.9 Å². The van der Waals surface area contributed by atoms with Crippen LogP contribution in [0, 0.1) is 18.8 Å². The third-order valence-electron chi connectivity index (χ3n) is 5.77. The largest absolute Gasteiger partial charge is 0.364 e. The molecule has 0 spiro atoms. The molecular formula is C23H23ClN6O3. The number of aromatic nitrogens is 4. The molecule has 0 saturated carbocycles. The van der Waals surface area contributed by atoms with Crippen LogP contribution in [0.2, 0.25) is 5.02 Å². The predicted octanol–water partition coefficient (Wildman–Crippen LogP) is 3.27. The number of nitrogens with zero attached hydrogens (tertiary/aromatic N) is 3. The first-order chi connectivity index (χ1) is 15.8. The lowest BCUT2D eigenvalue weighted by Gasteiger charge is -2.27. The van der Waals surface area contributed by atoms with Crippen molar-refractivity contribution in [3.05, 3.63) is 64.6 Å². The molecule has 9 nitrogen and oxygen atoms in total. The number of benzene rings is 1. The number of rotatable bonds is 6. The van der Waals surface area contributed by atoms with E-state index >= 15 is 0 Å². The monoisotopic (exact) mass is 466 g/mol. The van der Waals surface area contributed by atoms with Crippen molar-refractivity contribution < 1.29 is 14.4 Å². The summed E-state index contributed by atoms with van der Waals surface area (Å²) in [5.74, 6) is -2.53. The van der Waals surface area contributed by atoms with Crippen LogP contribution in [-0.2, 0) is 11.8 Å². The van der Waals surface area contributed by atoms with Crippen LogP contribution in [-0.4, -0.2) is 37.6 Å². The van der Waals surface area contributed by atoms with Crippen molar-refractivity contribution in [2.75, 3.05) is 5.32 Å². The van der Waals surface area contributed by atoms with Gasteiger partial charge in [-0.1, -0.05) is 29.8 Å². The maximum absolute atomic E-state index is 13.4. The number of hydrogen-bond donors (Lipinski definition) is 3. The summed E-state index contributed by atoms with van der Waals surface area (Å²) in [6.45, 7) is 1.90. The minimum atomic E-state index is -0.708. The van der Waals surface area contributed by atoms with Crippen molar-refractivity contribution in [3.63, 3.8) is 0 Å². The van der Waals surface area contributed by atoms with Gasteiger partial charge < -0.3 is 11.1 Å². The number of Topliss-reactive ketones (excluding diaryl/α,β-unsaturated/α-hetero) is 1. The maximum Gasteiger partial charge on any atom is 0.269 e. The van der Waals surface area contributed by atoms with Crippen LogP contribution in [0.1, 0.15) is 39.4 Å². The summed E-state index contributed by atoms with van der Waals surface area (Å²) in [6, 6.07) is 7.05. The highest BCUT2D eigenvalue weighted by Crippen LogP contribution is 2.33. The highest BCUT2D eigenvalue weighted by Gasteiger charge is 2.36. The Balaban J connectivity index is 1.57. The number of hydrogen-bond acceptors (Lipinski definition) is 5. The Bertz CT molecular complexity index is 1270. The molecule has 1 aliphatic carbocycles. The van der Waals surface area contributed by atoms with Crippen molar-refractivity contribution in [1.82, 2.24) is 20.0 Å². The number of nitrogens with one attached hydrogen (secondary N) is 2. The van der Waals surface area contributed by atoms with Gasteiger partial charge in [0.05, 0.1) is 28.5 Å². The third kappa shape index (κ3) is 4.45. The second-order valence-electron chi connectivity index (χ2n) is 8.03. The first-order valence-electron chi connectivity index (χ1n) is 10.4. The number of nitrogens with two attached hydrogens (primary N) is 1. The highest BCUT2D eigenvalue weighted by atomic mass is 35.5. The van der Waals surface area contributed by atoms with E-state index in [0.29, 0.717) is 23.4 Å². The number of amides is 2. The molecule has 10 heteroatoms. The quantitative estimate of drug-likeness (QED) is 0.378. The Morgan fingerprint density at radius 2 is 1.91 bits per heavy atom. The molecule has 4 rings (SSSR count). The molecule has 2 unspecified atom stereocenters. The number of anilines is 1. The van der Waals surface area contributed by atoms with Crippen LogP contribution < -0.4 is 11.1 Å². The summed E-state index contributed by atoms with van der Waals surface area (Å²) in [6.07, 6.45) is 5.91. The Morgan fingerprint density at radius 1 is 1.18 bits per heavy atom. The van der Waals surface area contributed by atoms with E-state index in [-0.39, 0.29) is 23.1 Å². The SMILES string of the molecule is Cc1cc(-c2ccc(C(=O)C3CC=CCC3C(=O)Nc3cnn(C)c3C(N)=O)c(Cl)c2)n[nH]1. The average Bonchev–Trinajstić information content (AvgIpc) is 3.38. The van der Waals surface area contributed by atoms with E-state index in [4.69, 9.17) is 17.3 Å². The molecule has 3 aromatic rings. The van der Waals surface area contributed by atoms with Gasteiger partial charge in [0.1, 0.15) is 5.69 Å². The fraction of sp³-hybridized carbons (Fsp3) is 0.261. The Labute approximate surface area is 195 Å². The summed E-state index contributed by atoms with van der Waals surface area (Å²) in [5.41, 5.74) is 8.49. The molecule has 2 atom stereocenters. The van der Waals surface area contributed by atoms with Crippen LogP contribution in [0.15, 0.2) is 42.6 Å². The van der Waals surface area contributed by atoms with Crippen LogP contribution >= 0.6 is 11.6 Å². The summed E-state index contributed by atoms with van der Waals surface area (Å²) in [5, 5.41) is 14.1. The second kappa shape index (κ2) is 9.03. The van der Waals surface area contributed by atoms with Crippen LogP contribution in [0.3, 0.4) is 0 Å². The van der Waals surface area contributed by atoms with E-state index in [1.54, 1.807) is 25.2 Å². The van der Waals surface area contributed by atoms with Gasteiger partial charge in [-0.25, -0.2) is 0 Å². The molecule has 170 valence electrons. The number of carbonyl (C=O) groups is 3. The number of aromatic amines is 1. The second-order valence-corrected chi connectivity index (χ2v) is 8.44. The molecular weight excluding hydrogens is 444 g/mol. The first kappa shape index (κ1) is 22.5.